The number of ether oxygens (including phenoxy) is 3. The van der Waals surface area contributed by atoms with Gasteiger partial charge in [0.2, 0.25) is 5.90 Å². The Morgan fingerprint density at radius 2 is 1.77 bits per heavy atom. The molecule has 6 heteroatoms. The number of benzene rings is 3. The average Bonchev–Trinajstić information content (AvgIpc) is 3.10. The van der Waals surface area contributed by atoms with Crippen molar-refractivity contribution >= 4 is 44.6 Å². The topological polar surface area (TPSA) is 57.1 Å². The highest BCUT2D eigenvalue weighted by molar-refractivity contribution is 9.10. The van der Waals surface area contributed by atoms with Gasteiger partial charge in [0.1, 0.15) is 0 Å². The number of hydrogen-bond donors (Lipinski definition) is 0. The highest BCUT2D eigenvalue weighted by Gasteiger charge is 2.24. The number of rotatable bonds is 6. The highest BCUT2D eigenvalue weighted by Crippen LogP contribution is 2.38. The predicted molar refractivity (Wildman–Crippen MR) is 121 cm³/mol. The molecule has 0 amide bonds. The largest absolute Gasteiger partial charge is 0.490 e. The fourth-order valence-electron chi connectivity index (χ4n) is 3.23. The van der Waals surface area contributed by atoms with Gasteiger partial charge in [-0.25, -0.2) is 9.79 Å². The van der Waals surface area contributed by atoms with Crippen LogP contribution < -0.4 is 9.47 Å². The third kappa shape index (κ3) is 4.09. The van der Waals surface area contributed by atoms with E-state index < -0.39 is 5.97 Å². The molecular weight excluding hydrogens is 446 g/mol. The van der Waals surface area contributed by atoms with Gasteiger partial charge >= 0.3 is 5.97 Å². The zero-order chi connectivity index (χ0) is 21.1. The van der Waals surface area contributed by atoms with Crippen LogP contribution in [0.4, 0.5) is 0 Å². The molecule has 1 heterocycles. The molecule has 0 atom stereocenters. The quantitative estimate of drug-likeness (QED) is 0.343. The molecule has 0 N–H and O–H groups in total. The van der Waals surface area contributed by atoms with E-state index in [1.165, 1.54) is 0 Å². The normalized spacial score (nSPS) is 14.7. The second kappa shape index (κ2) is 8.71. The third-order valence-electron chi connectivity index (χ3n) is 4.54. The Balaban J connectivity index is 1.69. The van der Waals surface area contributed by atoms with Crippen molar-refractivity contribution in [1.29, 1.82) is 0 Å². The number of cyclic esters (lactones) is 1. The number of esters is 1. The molecule has 0 aliphatic carbocycles. The van der Waals surface area contributed by atoms with Gasteiger partial charge < -0.3 is 14.2 Å². The molecule has 1 aliphatic rings. The van der Waals surface area contributed by atoms with Crippen molar-refractivity contribution in [2.75, 3.05) is 13.2 Å². The van der Waals surface area contributed by atoms with E-state index in [2.05, 4.69) is 20.9 Å². The van der Waals surface area contributed by atoms with Crippen molar-refractivity contribution in [3.05, 3.63) is 75.9 Å². The Bertz CT molecular complexity index is 1180. The van der Waals surface area contributed by atoms with Gasteiger partial charge in [-0.15, -0.1) is 0 Å². The van der Waals surface area contributed by atoms with Crippen LogP contribution in [0.5, 0.6) is 11.5 Å². The zero-order valence-electron chi connectivity index (χ0n) is 16.6. The van der Waals surface area contributed by atoms with Crippen molar-refractivity contribution in [2.45, 2.75) is 13.8 Å². The number of aliphatic imine (C=N–C) groups is 1. The molecule has 3 aromatic rings. The molecule has 5 nitrogen and oxygen atoms in total. The van der Waals surface area contributed by atoms with Gasteiger partial charge in [0.15, 0.2) is 17.2 Å². The van der Waals surface area contributed by atoms with Gasteiger partial charge in [-0.3, -0.25) is 0 Å². The van der Waals surface area contributed by atoms with Crippen molar-refractivity contribution < 1.29 is 19.0 Å². The predicted octanol–water partition coefficient (Wildman–Crippen LogP) is 5.74. The fraction of sp³-hybridized carbons (Fsp3) is 0.167. The summed E-state index contributed by atoms with van der Waals surface area (Å²) in [6.07, 6.45) is 1.68. The Kier molecular flexibility index (Phi) is 5.86. The maximum atomic E-state index is 12.4. The van der Waals surface area contributed by atoms with Crippen LogP contribution in [0.25, 0.3) is 16.8 Å². The molecule has 0 saturated carbocycles. The number of hydrogen-bond acceptors (Lipinski definition) is 5. The van der Waals surface area contributed by atoms with Gasteiger partial charge in [0.05, 0.1) is 17.7 Å². The first-order valence-corrected chi connectivity index (χ1v) is 10.5. The number of carbonyl (C=O) groups is 1. The molecule has 0 fully saturated rings. The molecule has 0 radical (unpaired) electrons. The minimum atomic E-state index is -0.485. The summed E-state index contributed by atoms with van der Waals surface area (Å²) in [6, 6.07) is 17.5. The zero-order valence-corrected chi connectivity index (χ0v) is 18.2. The molecule has 30 heavy (non-hydrogen) atoms. The number of nitrogens with zero attached hydrogens (tertiary/aromatic N) is 1. The number of fused-ring (bicyclic) bond motifs is 1. The SMILES string of the molecule is CCOc1cc(/C=C2\N=C(c3ccc4ccccc4c3)OC2=O)cc(Br)c1OCC. The first kappa shape index (κ1) is 20.2. The van der Waals surface area contributed by atoms with Gasteiger partial charge in [-0.05, 0) is 76.5 Å². The molecule has 1 aliphatic heterocycles. The summed E-state index contributed by atoms with van der Waals surface area (Å²) in [4.78, 5) is 16.8. The average molecular weight is 466 g/mol. The Morgan fingerprint density at radius 3 is 2.53 bits per heavy atom. The van der Waals surface area contributed by atoms with Crippen LogP contribution in [0.1, 0.15) is 25.0 Å². The van der Waals surface area contributed by atoms with Crippen LogP contribution in [-0.2, 0) is 9.53 Å². The van der Waals surface area contributed by atoms with Crippen molar-refractivity contribution in [3.8, 4) is 11.5 Å². The lowest BCUT2D eigenvalue weighted by Crippen LogP contribution is -2.05. The molecule has 0 unspecified atom stereocenters. The number of halogens is 1. The van der Waals surface area contributed by atoms with Crippen LogP contribution in [0.15, 0.2) is 69.8 Å². The van der Waals surface area contributed by atoms with Gasteiger partial charge in [-0.1, -0.05) is 30.3 Å². The summed E-state index contributed by atoms with van der Waals surface area (Å²) < 4.78 is 17.5. The Morgan fingerprint density at radius 1 is 1.00 bits per heavy atom. The first-order chi connectivity index (χ1) is 14.6. The highest BCUT2D eigenvalue weighted by atomic mass is 79.9. The summed E-state index contributed by atoms with van der Waals surface area (Å²) >= 11 is 3.52. The van der Waals surface area contributed by atoms with Gasteiger partial charge in [-0.2, -0.15) is 0 Å². The first-order valence-electron chi connectivity index (χ1n) is 9.70. The van der Waals surface area contributed by atoms with Crippen molar-refractivity contribution in [2.24, 2.45) is 4.99 Å². The monoisotopic (exact) mass is 465 g/mol. The molecule has 4 rings (SSSR count). The second-order valence-electron chi connectivity index (χ2n) is 6.59. The minimum absolute atomic E-state index is 0.233. The van der Waals surface area contributed by atoms with E-state index in [9.17, 15) is 4.79 Å². The van der Waals surface area contributed by atoms with Crippen LogP contribution >= 0.6 is 15.9 Å². The second-order valence-corrected chi connectivity index (χ2v) is 7.45. The lowest BCUT2D eigenvalue weighted by molar-refractivity contribution is -0.129. The lowest BCUT2D eigenvalue weighted by Gasteiger charge is -2.13. The molecule has 0 aromatic heterocycles. The summed E-state index contributed by atoms with van der Waals surface area (Å²) in [5.41, 5.74) is 1.74. The fourth-order valence-corrected chi connectivity index (χ4v) is 3.81. The van der Waals surface area contributed by atoms with E-state index >= 15 is 0 Å². The van der Waals surface area contributed by atoms with Crippen LogP contribution in [0.3, 0.4) is 0 Å². The summed E-state index contributed by atoms with van der Waals surface area (Å²) in [7, 11) is 0. The minimum Gasteiger partial charge on any atom is -0.490 e. The Hall–Kier alpha value is -3.12. The van der Waals surface area contributed by atoms with Gasteiger partial charge in [0.25, 0.3) is 0 Å². The van der Waals surface area contributed by atoms with Gasteiger partial charge in [0, 0.05) is 5.56 Å². The molecule has 3 aromatic carbocycles. The standard InChI is InChI=1S/C24H20BrNO4/c1-3-28-21-13-15(11-19(25)22(21)29-4-2)12-20-24(27)30-23(26-20)18-10-9-16-7-5-6-8-17(16)14-18/h5-14H,3-4H2,1-2H3/b20-12-. The molecule has 152 valence electrons. The molecule has 0 spiro atoms. The smallest absolute Gasteiger partial charge is 0.363 e. The summed E-state index contributed by atoms with van der Waals surface area (Å²) in [6.45, 7) is 4.84. The van der Waals surface area contributed by atoms with Crippen LogP contribution in [0, 0.1) is 0 Å². The summed E-state index contributed by atoms with van der Waals surface area (Å²) in [5, 5.41) is 2.17. The van der Waals surface area contributed by atoms with E-state index in [1.807, 2.05) is 68.4 Å². The van der Waals surface area contributed by atoms with Crippen LogP contribution in [-0.4, -0.2) is 25.1 Å². The maximum Gasteiger partial charge on any atom is 0.363 e. The molecule has 0 bridgehead atoms. The Labute approximate surface area is 183 Å². The van der Waals surface area contributed by atoms with Crippen molar-refractivity contribution in [3.63, 3.8) is 0 Å². The van der Waals surface area contributed by atoms with E-state index in [0.717, 1.165) is 26.4 Å². The summed E-state index contributed by atoms with van der Waals surface area (Å²) in [5.74, 6) is 1.05. The van der Waals surface area contributed by atoms with E-state index in [1.54, 1.807) is 6.08 Å². The maximum absolute atomic E-state index is 12.4. The number of carbonyl (C=O) groups excluding carboxylic acids is 1. The van der Waals surface area contributed by atoms with E-state index in [0.29, 0.717) is 30.6 Å². The molecule has 0 saturated heterocycles. The van der Waals surface area contributed by atoms with E-state index in [4.69, 9.17) is 14.2 Å². The third-order valence-corrected chi connectivity index (χ3v) is 5.13. The van der Waals surface area contributed by atoms with E-state index in [-0.39, 0.29) is 5.70 Å². The van der Waals surface area contributed by atoms with Crippen molar-refractivity contribution in [1.82, 2.24) is 0 Å². The lowest BCUT2D eigenvalue weighted by atomic mass is 10.1. The van der Waals surface area contributed by atoms with Crippen LogP contribution in [0.2, 0.25) is 0 Å². The molecular formula is C24H20BrNO4.